The number of para-hydroxylation sites is 1. The fourth-order valence-corrected chi connectivity index (χ4v) is 3.58. The van der Waals surface area contributed by atoms with Gasteiger partial charge in [-0.05, 0) is 37.3 Å². The van der Waals surface area contributed by atoms with Crippen LogP contribution in [0.4, 0.5) is 5.69 Å². The van der Waals surface area contributed by atoms with Gasteiger partial charge in [0.05, 0.1) is 6.61 Å². The Balaban J connectivity index is 2.00. The molecule has 0 radical (unpaired) electrons. The van der Waals surface area contributed by atoms with Gasteiger partial charge in [-0.25, -0.2) is 0 Å². The van der Waals surface area contributed by atoms with Crippen molar-refractivity contribution in [1.29, 1.82) is 0 Å². The van der Waals surface area contributed by atoms with E-state index in [9.17, 15) is 13.5 Å². The lowest BCUT2D eigenvalue weighted by Gasteiger charge is -2.11. The summed E-state index contributed by atoms with van der Waals surface area (Å²) in [6.45, 7) is 2.03. The molecule has 0 amide bonds. The van der Waals surface area contributed by atoms with Crippen LogP contribution in [0.5, 0.6) is 5.75 Å². The van der Waals surface area contributed by atoms with Gasteiger partial charge in [0, 0.05) is 37.1 Å². The molecule has 0 bridgehead atoms. The van der Waals surface area contributed by atoms with E-state index in [0.717, 1.165) is 5.69 Å². The summed E-state index contributed by atoms with van der Waals surface area (Å²) in [7, 11) is -0.472. The molecule has 0 aliphatic heterocycles. The van der Waals surface area contributed by atoms with E-state index in [-0.39, 0.29) is 23.0 Å². The Hall–Kier alpha value is -3.00. The van der Waals surface area contributed by atoms with E-state index >= 15 is 0 Å². The average molecular weight is 387 g/mol. The largest absolute Gasteiger partial charge is 0.855 e. The fourth-order valence-electron chi connectivity index (χ4n) is 2.54. The summed E-state index contributed by atoms with van der Waals surface area (Å²) in [5, 5.41) is 13.1. The molecule has 0 aliphatic carbocycles. The Morgan fingerprint density at radius 2 is 1.93 bits per heavy atom. The minimum absolute atomic E-state index is 0.140. The van der Waals surface area contributed by atoms with E-state index in [1.165, 1.54) is 18.2 Å². The monoisotopic (exact) mass is 387 g/mol. The van der Waals surface area contributed by atoms with Gasteiger partial charge in [-0.2, -0.15) is 12.8 Å². The quantitative estimate of drug-likeness (QED) is 0.476. The second-order valence-electron chi connectivity index (χ2n) is 5.98. The highest BCUT2D eigenvalue weighted by Gasteiger charge is 2.19. The van der Waals surface area contributed by atoms with Crippen LogP contribution in [0.25, 0.3) is 11.0 Å². The molecule has 0 N–H and O–H groups in total. The topological polar surface area (TPSA) is 95.2 Å². The molecule has 2 aromatic carbocycles. The first-order valence-electron chi connectivity index (χ1n) is 8.27. The first-order valence-corrected chi connectivity index (χ1v) is 9.71. The summed E-state index contributed by atoms with van der Waals surface area (Å²) < 4.78 is 39.3. The Morgan fingerprint density at radius 1 is 1.19 bits per heavy atom. The zero-order valence-corrected chi connectivity index (χ0v) is 16.0. The number of hydrogen-bond donors (Lipinski definition) is 0. The van der Waals surface area contributed by atoms with Crippen molar-refractivity contribution >= 4 is 32.6 Å². The molecule has 27 heavy (non-hydrogen) atoms. The third-order valence-corrected chi connectivity index (χ3v) is 5.16. The Labute approximate surface area is 157 Å². The Kier molecular flexibility index (Phi) is 5.09. The molecule has 0 saturated carbocycles. The second kappa shape index (κ2) is 7.32. The Morgan fingerprint density at radius 3 is 2.63 bits per heavy atom. The lowest BCUT2D eigenvalue weighted by atomic mass is 10.2. The smallest absolute Gasteiger partial charge is 0.285 e. The molecule has 8 heteroatoms. The molecule has 3 rings (SSSR count). The maximum absolute atomic E-state index is 12.6. The van der Waals surface area contributed by atoms with Gasteiger partial charge >= 0.3 is 0 Å². The summed E-state index contributed by atoms with van der Waals surface area (Å²) in [4.78, 5) is 1.73. The number of benzene rings is 2. The molecule has 1 heterocycles. The normalized spacial score (nSPS) is 12.3. The van der Waals surface area contributed by atoms with E-state index in [2.05, 4.69) is 4.40 Å². The van der Waals surface area contributed by atoms with Crippen LogP contribution in [0.15, 0.2) is 62.2 Å². The lowest BCUT2D eigenvalue weighted by Crippen LogP contribution is -2.20. The summed E-state index contributed by atoms with van der Waals surface area (Å²) >= 11 is 0. The molecule has 0 spiro atoms. The molecule has 142 valence electrons. The third-order valence-electron chi connectivity index (χ3n) is 3.86. The zero-order valence-electron chi connectivity index (χ0n) is 15.2. The van der Waals surface area contributed by atoms with Crippen molar-refractivity contribution < 1.29 is 22.7 Å². The number of anilines is 1. The number of sulfonamides is 1. The van der Waals surface area contributed by atoms with E-state index in [4.69, 9.17) is 9.15 Å². The first-order chi connectivity index (χ1) is 12.8. The number of furan rings is 1. The first kappa shape index (κ1) is 18.8. The van der Waals surface area contributed by atoms with Gasteiger partial charge in [-0.3, -0.25) is 0 Å². The molecule has 0 aliphatic rings. The van der Waals surface area contributed by atoms with E-state index in [1.54, 1.807) is 31.2 Å². The maximum atomic E-state index is 12.6. The van der Waals surface area contributed by atoms with Crippen molar-refractivity contribution in [2.24, 2.45) is 4.40 Å². The van der Waals surface area contributed by atoms with Crippen LogP contribution >= 0.6 is 0 Å². The minimum atomic E-state index is -4.24. The van der Waals surface area contributed by atoms with E-state index < -0.39 is 15.9 Å². The number of ether oxygens (including phenoxy) is 1. The van der Waals surface area contributed by atoms with E-state index in [0.29, 0.717) is 11.0 Å². The van der Waals surface area contributed by atoms with Crippen molar-refractivity contribution in [1.82, 2.24) is 0 Å². The van der Waals surface area contributed by atoms with Crippen molar-refractivity contribution in [3.63, 3.8) is 0 Å². The maximum Gasteiger partial charge on any atom is 0.285 e. The summed E-state index contributed by atoms with van der Waals surface area (Å²) in [5.41, 5.74) is 1.37. The molecule has 0 saturated heterocycles. The van der Waals surface area contributed by atoms with Crippen LogP contribution < -0.4 is 14.7 Å². The van der Waals surface area contributed by atoms with Crippen molar-refractivity contribution in [2.45, 2.75) is 11.8 Å². The molecule has 0 unspecified atom stereocenters. The van der Waals surface area contributed by atoms with Crippen LogP contribution in [0, 0.1) is 0 Å². The fraction of sp³-hybridized carbons (Fsp3) is 0.211. The van der Waals surface area contributed by atoms with Gasteiger partial charge in [0.1, 0.15) is 22.0 Å². The summed E-state index contributed by atoms with van der Waals surface area (Å²) in [6.07, 6.45) is 0. The number of fused-ring (bicyclic) bond motifs is 1. The molecular weight excluding hydrogens is 368 g/mol. The molecule has 7 nitrogen and oxygen atoms in total. The molecule has 0 atom stereocenters. The number of rotatable bonds is 6. The molecule has 0 fully saturated rings. The highest BCUT2D eigenvalue weighted by molar-refractivity contribution is 7.90. The van der Waals surface area contributed by atoms with Crippen LogP contribution in [-0.2, 0) is 10.0 Å². The number of hydrogen-bond acceptors (Lipinski definition) is 6. The minimum Gasteiger partial charge on any atom is -0.855 e. The van der Waals surface area contributed by atoms with Gasteiger partial charge in [-0.15, -0.1) is 0 Å². The van der Waals surface area contributed by atoms with Gasteiger partial charge in [-0.1, -0.05) is 12.1 Å². The van der Waals surface area contributed by atoms with Crippen LogP contribution in [0.3, 0.4) is 0 Å². The summed E-state index contributed by atoms with van der Waals surface area (Å²) in [6, 6.07) is 13.0. The summed E-state index contributed by atoms with van der Waals surface area (Å²) in [5.74, 6) is -0.959. The van der Waals surface area contributed by atoms with Crippen LogP contribution in [0.2, 0.25) is 0 Å². The molecular formula is C19H19N2O5S-. The standard InChI is InChI=1S/C19H20N2O5S/c1-4-25-15-7-5-6-8-18(15)27(23,24)20-19(22)17-11-13-9-10-14(21(2)3)12-16(13)26-17/h5-12H,4H2,1-3H3,(H,20,22)/p-1. The molecule has 1 aromatic heterocycles. The average Bonchev–Trinajstić information content (AvgIpc) is 3.05. The predicted octanol–water partition coefficient (Wildman–Crippen LogP) is 2.39. The predicted molar refractivity (Wildman–Crippen MR) is 102 cm³/mol. The van der Waals surface area contributed by atoms with Gasteiger partial charge in [0.2, 0.25) is 0 Å². The van der Waals surface area contributed by atoms with Crippen molar-refractivity contribution in [3.8, 4) is 5.75 Å². The van der Waals surface area contributed by atoms with Gasteiger partial charge in [0.25, 0.3) is 10.0 Å². The second-order valence-corrected chi connectivity index (χ2v) is 7.55. The van der Waals surface area contributed by atoms with Crippen molar-refractivity contribution in [2.75, 3.05) is 25.6 Å². The lowest BCUT2D eigenvalue weighted by molar-refractivity contribution is -0.214. The SMILES string of the molecule is CCOc1ccccc1S(=O)(=O)/N=C(\[O-])c1cc2ccc(N(C)C)cc2o1. The van der Waals surface area contributed by atoms with Crippen LogP contribution in [-0.4, -0.2) is 35.0 Å². The van der Waals surface area contributed by atoms with E-state index in [1.807, 2.05) is 25.1 Å². The zero-order chi connectivity index (χ0) is 19.6. The third kappa shape index (κ3) is 3.90. The Bertz CT molecular complexity index is 1100. The molecule has 3 aromatic rings. The highest BCUT2D eigenvalue weighted by atomic mass is 32.2. The highest BCUT2D eigenvalue weighted by Crippen LogP contribution is 2.27. The van der Waals surface area contributed by atoms with Crippen molar-refractivity contribution in [3.05, 3.63) is 54.3 Å². The van der Waals surface area contributed by atoms with Gasteiger partial charge in [0.15, 0.2) is 0 Å². The number of nitrogens with zero attached hydrogens (tertiary/aromatic N) is 2. The van der Waals surface area contributed by atoms with Crippen LogP contribution in [0.1, 0.15) is 12.7 Å². The van der Waals surface area contributed by atoms with Gasteiger partial charge < -0.3 is 19.2 Å².